The molecule has 4 aromatic carbocycles. The highest BCUT2D eigenvalue weighted by molar-refractivity contribution is 7.85. The summed E-state index contributed by atoms with van der Waals surface area (Å²) in [6.07, 6.45) is 1.04. The number of carboxylic acid groups (broad SMARTS) is 1. The Balaban J connectivity index is 0.000000289. The molecule has 0 aliphatic carbocycles. The molecule has 0 heterocycles. The number of aliphatic hydroxyl groups is 2. The molecule has 4 rings (SSSR count). The summed E-state index contributed by atoms with van der Waals surface area (Å²) in [6, 6.07) is 29.5. The number of carbonyl (C=O) groups is 1. The molecule has 0 unspecified atom stereocenters. The van der Waals surface area contributed by atoms with E-state index in [9.17, 15) is 13.2 Å². The van der Waals surface area contributed by atoms with Gasteiger partial charge in [-0.25, -0.2) is 4.79 Å². The van der Waals surface area contributed by atoms with Crippen LogP contribution >= 0.6 is 0 Å². The first-order chi connectivity index (χ1) is 20.4. The fourth-order valence-electron chi connectivity index (χ4n) is 3.12. The first-order valence-electron chi connectivity index (χ1n) is 13.4. The maximum Gasteiger partial charge on any atom is 0.335 e. The number of aromatic carboxylic acids is 1. The van der Waals surface area contributed by atoms with E-state index in [0.717, 1.165) is 39.6 Å². The second-order valence-corrected chi connectivity index (χ2v) is 11.1. The summed E-state index contributed by atoms with van der Waals surface area (Å²) >= 11 is 0. The average Bonchev–Trinajstić information content (AvgIpc) is 3.02. The van der Waals surface area contributed by atoms with Crippen LogP contribution in [0.2, 0.25) is 0 Å². The van der Waals surface area contributed by atoms with Gasteiger partial charge >= 0.3 is 5.97 Å². The fraction of sp³-hybridized carbons (Fsp3) is 0.242. The molecule has 0 radical (unpaired) electrons. The summed E-state index contributed by atoms with van der Waals surface area (Å²) in [5.41, 5.74) is 18.2. The molecule has 0 aliphatic heterocycles. The molecule has 0 saturated carbocycles. The van der Waals surface area contributed by atoms with E-state index >= 15 is 0 Å². The van der Waals surface area contributed by atoms with Crippen molar-refractivity contribution in [3.63, 3.8) is 0 Å². The van der Waals surface area contributed by atoms with E-state index in [0.29, 0.717) is 18.7 Å². The molecule has 9 nitrogen and oxygen atoms in total. The van der Waals surface area contributed by atoms with Gasteiger partial charge in [0, 0.05) is 13.1 Å². The summed E-state index contributed by atoms with van der Waals surface area (Å²) in [4.78, 5) is 10.4. The van der Waals surface area contributed by atoms with E-state index in [2.05, 4.69) is 4.18 Å². The molecule has 0 amide bonds. The zero-order valence-electron chi connectivity index (χ0n) is 24.8. The van der Waals surface area contributed by atoms with Crippen LogP contribution < -0.4 is 11.5 Å². The predicted octanol–water partition coefficient (Wildman–Crippen LogP) is 4.44. The number of hydrogen-bond acceptors (Lipinski definition) is 8. The first-order valence-corrected chi connectivity index (χ1v) is 15.2. The molecule has 0 bridgehead atoms. The van der Waals surface area contributed by atoms with Gasteiger partial charge in [0.1, 0.15) is 0 Å². The molecule has 43 heavy (non-hydrogen) atoms. The van der Waals surface area contributed by atoms with Gasteiger partial charge in [0.2, 0.25) is 0 Å². The Bertz CT molecular complexity index is 1420. The monoisotopic (exact) mass is 610 g/mol. The molecule has 0 saturated heterocycles. The Hall–Kier alpha value is -3.90. The van der Waals surface area contributed by atoms with Gasteiger partial charge in [-0.2, -0.15) is 8.42 Å². The van der Waals surface area contributed by atoms with Crippen molar-refractivity contribution in [2.75, 3.05) is 6.26 Å². The summed E-state index contributed by atoms with van der Waals surface area (Å²) in [7, 11) is -3.33. The number of hydrogen-bond donors (Lipinski definition) is 5. The van der Waals surface area contributed by atoms with Crippen LogP contribution in [0.4, 0.5) is 0 Å². The predicted molar refractivity (Wildman–Crippen MR) is 169 cm³/mol. The lowest BCUT2D eigenvalue weighted by atomic mass is 10.1. The van der Waals surface area contributed by atoms with Gasteiger partial charge in [-0.1, -0.05) is 96.1 Å². The van der Waals surface area contributed by atoms with Gasteiger partial charge in [0.15, 0.2) is 0 Å². The van der Waals surface area contributed by atoms with E-state index in [-0.39, 0.29) is 19.8 Å². The highest BCUT2D eigenvalue weighted by atomic mass is 32.2. The largest absolute Gasteiger partial charge is 0.478 e. The number of nitrogens with two attached hydrogens (primary N) is 2. The van der Waals surface area contributed by atoms with Crippen molar-refractivity contribution in [2.45, 2.75) is 46.8 Å². The van der Waals surface area contributed by atoms with Crippen LogP contribution in [0.1, 0.15) is 49.3 Å². The summed E-state index contributed by atoms with van der Waals surface area (Å²) < 4.78 is 25.9. The summed E-state index contributed by atoms with van der Waals surface area (Å²) in [6.45, 7) is 5.36. The van der Waals surface area contributed by atoms with Crippen molar-refractivity contribution in [2.24, 2.45) is 11.5 Å². The molecule has 0 spiro atoms. The van der Waals surface area contributed by atoms with Gasteiger partial charge in [0.05, 0.1) is 31.6 Å². The van der Waals surface area contributed by atoms with Gasteiger partial charge in [-0.05, 0) is 53.8 Å². The zero-order valence-corrected chi connectivity index (χ0v) is 25.6. The number of carboxylic acids is 1. The van der Waals surface area contributed by atoms with E-state index in [1.807, 2.05) is 86.6 Å². The number of aryl methyl sites for hydroxylation is 2. The Morgan fingerprint density at radius 3 is 1.28 bits per heavy atom. The topological polar surface area (TPSA) is 173 Å². The molecule has 10 heteroatoms. The molecule has 232 valence electrons. The van der Waals surface area contributed by atoms with Gasteiger partial charge in [-0.3, -0.25) is 4.18 Å². The van der Waals surface area contributed by atoms with Crippen molar-refractivity contribution in [3.8, 4) is 0 Å². The molecule has 0 fully saturated rings. The van der Waals surface area contributed by atoms with Crippen molar-refractivity contribution < 1.29 is 32.7 Å². The molecule has 0 aliphatic rings. The lowest BCUT2D eigenvalue weighted by Gasteiger charge is -2.01. The molecule has 4 aromatic rings. The minimum atomic E-state index is -3.33. The molecule has 7 N–H and O–H groups in total. The van der Waals surface area contributed by atoms with Crippen LogP contribution in [0.15, 0.2) is 97.1 Å². The Morgan fingerprint density at radius 1 is 0.628 bits per heavy atom. The van der Waals surface area contributed by atoms with Crippen molar-refractivity contribution in [1.29, 1.82) is 0 Å². The van der Waals surface area contributed by atoms with Crippen LogP contribution in [-0.2, 0) is 47.2 Å². The minimum absolute atomic E-state index is 0.102. The van der Waals surface area contributed by atoms with Crippen LogP contribution in [0, 0.1) is 13.8 Å². The van der Waals surface area contributed by atoms with E-state index in [4.69, 9.17) is 26.8 Å². The fourth-order valence-corrected chi connectivity index (χ4v) is 3.47. The Labute approximate surface area is 254 Å². The molecular weight excluding hydrogens is 568 g/mol. The zero-order chi connectivity index (χ0) is 32.3. The van der Waals surface area contributed by atoms with Crippen LogP contribution in [-0.4, -0.2) is 36.0 Å². The van der Waals surface area contributed by atoms with Crippen molar-refractivity contribution in [3.05, 3.63) is 142 Å². The van der Waals surface area contributed by atoms with E-state index in [1.54, 1.807) is 24.3 Å². The third-order valence-electron chi connectivity index (χ3n) is 5.74. The van der Waals surface area contributed by atoms with Crippen molar-refractivity contribution >= 4 is 16.1 Å². The number of aliphatic hydroxyl groups excluding tert-OH is 2. The minimum Gasteiger partial charge on any atom is -0.478 e. The first kappa shape index (κ1) is 37.1. The standard InChI is InChI=1S/C9H12O3S.C8H9NO2.C8H11NO.C8H10O/c1-8-3-5-9(6-4-8)7-12-13(2,10)11;9-5-6-1-3-7(4-2-6)8(10)11;9-5-7-1-3-8(6-10)4-2-7;1-7-2-4-8(6-9)5-3-7/h3-6H,7H2,1-2H3;1-4H,5,9H2,(H,10,11);1-4,10H,5-6,9H2;2-5,9H,6H2,1H3. The highest BCUT2D eigenvalue weighted by Gasteiger charge is 2.02. The Morgan fingerprint density at radius 2 is 0.953 bits per heavy atom. The maximum atomic E-state index is 10.6. The molecule has 0 aromatic heterocycles. The van der Waals surface area contributed by atoms with Crippen molar-refractivity contribution in [1.82, 2.24) is 0 Å². The third kappa shape index (κ3) is 17.0. The summed E-state index contributed by atoms with van der Waals surface area (Å²) in [5, 5.41) is 25.8. The van der Waals surface area contributed by atoms with E-state index in [1.165, 1.54) is 5.56 Å². The summed E-state index contributed by atoms with van der Waals surface area (Å²) in [5.74, 6) is -0.909. The SMILES string of the molecule is Cc1ccc(CO)cc1.Cc1ccc(COS(C)(=O)=O)cc1.NCc1ccc(C(=O)O)cc1.NCc1ccc(CO)cc1. The van der Waals surface area contributed by atoms with Gasteiger partial charge in [0.25, 0.3) is 10.1 Å². The smallest absolute Gasteiger partial charge is 0.335 e. The van der Waals surface area contributed by atoms with Crippen LogP contribution in [0.3, 0.4) is 0 Å². The van der Waals surface area contributed by atoms with Gasteiger partial charge in [-0.15, -0.1) is 0 Å². The normalized spacial score (nSPS) is 10.2. The second kappa shape index (κ2) is 20.1. The third-order valence-corrected chi connectivity index (χ3v) is 6.29. The quantitative estimate of drug-likeness (QED) is 0.181. The average molecular weight is 611 g/mol. The second-order valence-electron chi connectivity index (χ2n) is 9.48. The van der Waals surface area contributed by atoms with Crippen LogP contribution in [0.5, 0.6) is 0 Å². The lowest BCUT2D eigenvalue weighted by molar-refractivity contribution is 0.0696. The molecular formula is C33H42N2O7S. The van der Waals surface area contributed by atoms with E-state index < -0.39 is 16.1 Å². The lowest BCUT2D eigenvalue weighted by Crippen LogP contribution is -2.02. The Kier molecular flexibility index (Phi) is 17.3. The number of benzene rings is 4. The number of rotatable bonds is 8. The molecule has 0 atom stereocenters. The highest BCUT2D eigenvalue weighted by Crippen LogP contribution is 2.06. The van der Waals surface area contributed by atoms with Gasteiger partial charge < -0.3 is 26.8 Å². The van der Waals surface area contributed by atoms with Crippen LogP contribution in [0.25, 0.3) is 0 Å². The maximum absolute atomic E-state index is 10.6.